The second kappa shape index (κ2) is 46.8. The first-order valence-electron chi connectivity index (χ1n) is 24.8. The molecule has 0 aromatic rings. The first-order valence-corrected chi connectivity index (χ1v) is 24.8. The average Bonchev–Trinajstić information content (AvgIpc) is 3.21. The Labute approximate surface area is 353 Å². The Morgan fingerprint density at radius 1 is 0.491 bits per heavy atom. The van der Waals surface area contributed by atoms with Gasteiger partial charge in [-0.15, -0.1) is 0 Å². The van der Waals surface area contributed by atoms with Crippen LogP contribution < -0.4 is 5.32 Å². The molecule has 0 aliphatic carbocycles. The number of amides is 1. The van der Waals surface area contributed by atoms with Crippen LogP contribution in [0.15, 0.2) is 36.5 Å². The first-order chi connectivity index (χ1) is 28.0. The van der Waals surface area contributed by atoms with Crippen molar-refractivity contribution in [1.82, 2.24) is 5.32 Å². The Bertz CT molecular complexity index is 931. The SMILES string of the molecule is CCCCCCCCCCC/C=C/C(O)C(CO)NC(=O)CC/C=C\C/C=C\CCCCCCCCOC(=O)CCCCCCCCCCCCCCCCCC. The number of carbonyl (C=O) groups is 2. The highest BCUT2D eigenvalue weighted by atomic mass is 16.5. The Morgan fingerprint density at radius 3 is 1.37 bits per heavy atom. The number of hydrogen-bond donors (Lipinski definition) is 3. The number of unbranched alkanes of at least 4 members (excludes halogenated alkanes) is 30. The minimum Gasteiger partial charge on any atom is -0.466 e. The van der Waals surface area contributed by atoms with Crippen molar-refractivity contribution in [3.8, 4) is 0 Å². The molecule has 6 heteroatoms. The number of esters is 1. The molecule has 0 bridgehead atoms. The Kier molecular flexibility index (Phi) is 45.2. The van der Waals surface area contributed by atoms with Crippen LogP contribution >= 0.6 is 0 Å². The molecule has 0 saturated heterocycles. The minimum absolute atomic E-state index is 0.0160. The second-order valence-corrected chi connectivity index (χ2v) is 16.8. The van der Waals surface area contributed by atoms with Gasteiger partial charge in [0.15, 0.2) is 0 Å². The van der Waals surface area contributed by atoms with Crippen LogP contribution in [-0.4, -0.2) is 47.4 Å². The van der Waals surface area contributed by atoms with Crippen LogP contribution in [0.25, 0.3) is 0 Å². The van der Waals surface area contributed by atoms with Gasteiger partial charge >= 0.3 is 5.97 Å². The fraction of sp³-hybridized carbons (Fsp3) is 0.843. The summed E-state index contributed by atoms with van der Waals surface area (Å²) < 4.78 is 5.45. The molecule has 0 rings (SSSR count). The monoisotopic (exact) mass is 802 g/mol. The maximum Gasteiger partial charge on any atom is 0.305 e. The van der Waals surface area contributed by atoms with Gasteiger partial charge in [0.25, 0.3) is 0 Å². The average molecular weight is 802 g/mol. The normalized spacial score (nSPS) is 13.0. The van der Waals surface area contributed by atoms with Crippen molar-refractivity contribution in [2.45, 2.75) is 264 Å². The van der Waals surface area contributed by atoms with Gasteiger partial charge in [-0.05, 0) is 51.4 Å². The lowest BCUT2D eigenvalue weighted by atomic mass is 10.0. The topological polar surface area (TPSA) is 95.9 Å². The summed E-state index contributed by atoms with van der Waals surface area (Å²) in [5.41, 5.74) is 0. The van der Waals surface area contributed by atoms with E-state index in [0.717, 1.165) is 51.4 Å². The number of rotatable bonds is 45. The maximum atomic E-state index is 12.3. The van der Waals surface area contributed by atoms with Crippen molar-refractivity contribution in [3.05, 3.63) is 36.5 Å². The summed E-state index contributed by atoms with van der Waals surface area (Å²) in [6.07, 6.45) is 55.8. The van der Waals surface area contributed by atoms with E-state index in [2.05, 4.69) is 37.4 Å². The fourth-order valence-corrected chi connectivity index (χ4v) is 7.33. The lowest BCUT2D eigenvalue weighted by molar-refractivity contribution is -0.143. The van der Waals surface area contributed by atoms with Crippen LogP contribution in [0.5, 0.6) is 0 Å². The molecule has 0 spiro atoms. The Morgan fingerprint density at radius 2 is 0.895 bits per heavy atom. The predicted octanol–water partition coefficient (Wildman–Crippen LogP) is 14.5. The highest BCUT2D eigenvalue weighted by Gasteiger charge is 2.17. The number of hydrogen-bond acceptors (Lipinski definition) is 5. The summed E-state index contributed by atoms with van der Waals surface area (Å²) >= 11 is 0. The van der Waals surface area contributed by atoms with Crippen molar-refractivity contribution in [3.63, 3.8) is 0 Å². The van der Waals surface area contributed by atoms with Crippen LogP contribution in [-0.2, 0) is 14.3 Å². The van der Waals surface area contributed by atoms with Gasteiger partial charge in [0.2, 0.25) is 5.91 Å². The Balaban J connectivity index is 3.55. The molecule has 0 radical (unpaired) electrons. The molecule has 57 heavy (non-hydrogen) atoms. The minimum atomic E-state index is -0.877. The Hall–Kier alpha value is -1.92. The smallest absolute Gasteiger partial charge is 0.305 e. The van der Waals surface area contributed by atoms with Crippen LogP contribution in [0.4, 0.5) is 0 Å². The summed E-state index contributed by atoms with van der Waals surface area (Å²) in [5, 5.41) is 22.9. The van der Waals surface area contributed by atoms with E-state index >= 15 is 0 Å². The largest absolute Gasteiger partial charge is 0.466 e. The number of aliphatic hydroxyl groups excluding tert-OH is 2. The fourth-order valence-electron chi connectivity index (χ4n) is 7.33. The zero-order valence-electron chi connectivity index (χ0n) is 37.8. The summed E-state index contributed by atoms with van der Waals surface area (Å²) in [5.74, 6) is -0.167. The van der Waals surface area contributed by atoms with E-state index in [1.54, 1.807) is 6.08 Å². The van der Waals surface area contributed by atoms with E-state index < -0.39 is 12.1 Å². The van der Waals surface area contributed by atoms with Crippen molar-refractivity contribution in [2.75, 3.05) is 13.2 Å². The number of nitrogens with one attached hydrogen (secondary N) is 1. The van der Waals surface area contributed by atoms with Crippen molar-refractivity contribution >= 4 is 11.9 Å². The van der Waals surface area contributed by atoms with Crippen LogP contribution in [0, 0.1) is 0 Å². The van der Waals surface area contributed by atoms with Crippen molar-refractivity contribution < 1.29 is 24.5 Å². The van der Waals surface area contributed by atoms with Gasteiger partial charge in [0.05, 0.1) is 25.4 Å². The first kappa shape index (κ1) is 55.1. The van der Waals surface area contributed by atoms with Gasteiger partial charge in [-0.2, -0.15) is 0 Å². The lowest BCUT2D eigenvalue weighted by Gasteiger charge is -2.19. The molecule has 2 atom stereocenters. The third-order valence-corrected chi connectivity index (χ3v) is 11.2. The van der Waals surface area contributed by atoms with Gasteiger partial charge in [-0.1, -0.05) is 224 Å². The van der Waals surface area contributed by atoms with Gasteiger partial charge in [-0.3, -0.25) is 9.59 Å². The van der Waals surface area contributed by atoms with Crippen molar-refractivity contribution in [2.24, 2.45) is 0 Å². The molecule has 334 valence electrons. The van der Waals surface area contributed by atoms with E-state index in [9.17, 15) is 19.8 Å². The summed E-state index contributed by atoms with van der Waals surface area (Å²) in [6.45, 7) is 4.82. The van der Waals surface area contributed by atoms with Crippen molar-refractivity contribution in [1.29, 1.82) is 0 Å². The van der Waals surface area contributed by atoms with E-state index in [1.807, 2.05) is 12.2 Å². The number of ether oxygens (including phenoxy) is 1. The molecule has 0 aliphatic heterocycles. The molecular weight excluding hydrogens is 707 g/mol. The molecule has 3 N–H and O–H groups in total. The molecule has 2 unspecified atom stereocenters. The highest BCUT2D eigenvalue weighted by molar-refractivity contribution is 5.76. The van der Waals surface area contributed by atoms with Gasteiger partial charge in [0.1, 0.15) is 0 Å². The van der Waals surface area contributed by atoms with E-state index in [4.69, 9.17) is 4.74 Å². The number of carbonyl (C=O) groups excluding carboxylic acids is 2. The molecule has 0 aromatic carbocycles. The summed E-state index contributed by atoms with van der Waals surface area (Å²) in [4.78, 5) is 24.4. The molecule has 0 fully saturated rings. The molecule has 6 nitrogen and oxygen atoms in total. The number of allylic oxidation sites excluding steroid dienone is 5. The molecular formula is C51H95NO5. The van der Waals surface area contributed by atoms with Crippen LogP contribution in [0.3, 0.4) is 0 Å². The second-order valence-electron chi connectivity index (χ2n) is 16.8. The highest BCUT2D eigenvalue weighted by Crippen LogP contribution is 2.15. The molecule has 0 aromatic heterocycles. The molecule has 0 saturated carbocycles. The van der Waals surface area contributed by atoms with E-state index in [1.165, 1.54) is 167 Å². The van der Waals surface area contributed by atoms with Gasteiger partial charge < -0.3 is 20.3 Å². The maximum absolute atomic E-state index is 12.3. The zero-order chi connectivity index (χ0) is 41.5. The zero-order valence-corrected chi connectivity index (χ0v) is 37.8. The van der Waals surface area contributed by atoms with Crippen LogP contribution in [0.2, 0.25) is 0 Å². The third-order valence-electron chi connectivity index (χ3n) is 11.2. The van der Waals surface area contributed by atoms with E-state index in [0.29, 0.717) is 25.9 Å². The van der Waals surface area contributed by atoms with E-state index in [-0.39, 0.29) is 18.5 Å². The molecule has 0 heterocycles. The van der Waals surface area contributed by atoms with Crippen LogP contribution in [0.1, 0.15) is 251 Å². The standard InChI is InChI=1S/C51H95NO5/c1-3-5-7-9-11-13-15-16-17-18-21-25-29-33-37-41-45-51(56)57-46-42-38-34-30-26-22-19-20-24-28-32-36-40-44-50(55)52-48(47-53)49(54)43-39-35-31-27-23-14-12-10-8-6-4-2/h20,24,32,36,39,43,48-49,53-54H,3-19,21-23,25-31,33-35,37-38,40-42,44-47H2,1-2H3,(H,52,55)/b24-20-,36-32-,43-39+. The predicted molar refractivity (Wildman–Crippen MR) is 246 cm³/mol. The third kappa shape index (κ3) is 43.5. The quantitative estimate of drug-likeness (QED) is 0.0324. The lowest BCUT2D eigenvalue weighted by Crippen LogP contribution is -2.45. The number of aliphatic hydroxyl groups is 2. The molecule has 1 amide bonds. The summed E-state index contributed by atoms with van der Waals surface area (Å²) in [6, 6.07) is -0.670. The van der Waals surface area contributed by atoms with Gasteiger partial charge in [-0.25, -0.2) is 0 Å². The van der Waals surface area contributed by atoms with Gasteiger partial charge in [0, 0.05) is 12.8 Å². The summed E-state index contributed by atoms with van der Waals surface area (Å²) in [7, 11) is 0. The molecule has 0 aliphatic rings.